The van der Waals surface area contributed by atoms with Gasteiger partial charge in [-0.25, -0.2) is 9.99 Å². The number of rotatable bonds is 4. The fourth-order valence-electron chi connectivity index (χ4n) is 4.94. The number of nitrogens with zero attached hydrogens (tertiary/aromatic N) is 4. The highest BCUT2D eigenvalue weighted by Crippen LogP contribution is 2.50. The van der Waals surface area contributed by atoms with Crippen molar-refractivity contribution in [3.05, 3.63) is 45.8 Å². The Morgan fingerprint density at radius 2 is 2.03 bits per heavy atom. The maximum atomic E-state index is 5.28. The predicted octanol–water partition coefficient (Wildman–Crippen LogP) is 4.34. The van der Waals surface area contributed by atoms with Gasteiger partial charge in [0, 0.05) is 16.2 Å². The van der Waals surface area contributed by atoms with Gasteiger partial charge in [0.05, 0.1) is 13.3 Å². The van der Waals surface area contributed by atoms with E-state index in [0.717, 1.165) is 22.6 Å². The van der Waals surface area contributed by atoms with Gasteiger partial charge >= 0.3 is 0 Å². The Kier molecular flexibility index (Phi) is 4.75. The smallest absolute Gasteiger partial charge is 0.249 e. The summed E-state index contributed by atoms with van der Waals surface area (Å²) in [6, 6.07) is 8.24. The van der Waals surface area contributed by atoms with Gasteiger partial charge in [0.25, 0.3) is 0 Å². The molecule has 2 unspecified atom stereocenters. The molecule has 6 rings (SSSR count). The minimum atomic E-state index is 0.113. The molecule has 4 heterocycles. The van der Waals surface area contributed by atoms with Gasteiger partial charge in [-0.3, -0.25) is 10.3 Å². The van der Waals surface area contributed by atoms with Crippen molar-refractivity contribution < 1.29 is 4.74 Å². The molecule has 0 spiro atoms. The summed E-state index contributed by atoms with van der Waals surface area (Å²) in [5.74, 6) is 3.18. The molecule has 1 saturated heterocycles. The Morgan fingerprint density at radius 3 is 2.84 bits per heavy atom. The first-order valence-electron chi connectivity index (χ1n) is 10.8. The molecule has 0 saturated carbocycles. The average molecular weight is 455 g/mol. The van der Waals surface area contributed by atoms with E-state index in [1.54, 1.807) is 24.4 Å². The summed E-state index contributed by atoms with van der Waals surface area (Å²) < 4.78 is 7.55. The first-order chi connectivity index (χ1) is 15.1. The second-order valence-corrected chi connectivity index (χ2v) is 10.5. The monoisotopic (exact) mass is 454 g/mol. The normalized spacial score (nSPS) is 23.8. The molecule has 3 atom stereocenters. The molecule has 2 aromatic heterocycles. The summed E-state index contributed by atoms with van der Waals surface area (Å²) >= 11 is 3.67. The highest BCUT2D eigenvalue weighted by molar-refractivity contribution is 7.98. The van der Waals surface area contributed by atoms with Crippen LogP contribution in [0.4, 0.5) is 5.95 Å². The number of thiophene rings is 1. The first-order valence-corrected chi connectivity index (χ1v) is 12.6. The van der Waals surface area contributed by atoms with E-state index < -0.39 is 0 Å². The number of thioether (sulfide) groups is 1. The van der Waals surface area contributed by atoms with Crippen LogP contribution >= 0.6 is 23.1 Å². The van der Waals surface area contributed by atoms with E-state index in [-0.39, 0.29) is 12.3 Å². The molecule has 31 heavy (non-hydrogen) atoms. The Hall–Kier alpha value is -2.07. The van der Waals surface area contributed by atoms with Gasteiger partial charge < -0.3 is 4.74 Å². The minimum Gasteiger partial charge on any atom is -0.497 e. The van der Waals surface area contributed by atoms with Crippen molar-refractivity contribution in [3.63, 3.8) is 0 Å². The van der Waals surface area contributed by atoms with Crippen LogP contribution in [0.1, 0.15) is 60.3 Å². The molecule has 1 aromatic carbocycles. The Morgan fingerprint density at radius 1 is 1.19 bits per heavy atom. The summed E-state index contributed by atoms with van der Waals surface area (Å²) in [6.07, 6.45) is 4.02. The third kappa shape index (κ3) is 3.09. The average Bonchev–Trinajstić information content (AvgIpc) is 3.47. The minimum absolute atomic E-state index is 0.113. The van der Waals surface area contributed by atoms with E-state index in [4.69, 9.17) is 4.74 Å². The lowest BCUT2D eigenvalue weighted by Gasteiger charge is -2.32. The van der Waals surface area contributed by atoms with E-state index >= 15 is 0 Å². The Labute approximate surface area is 190 Å². The SMILES string of the molecule is COc1ccc(CSc2nnc3n2-c2sc4c(c2C2NC(C)NN32)[C@H](C)CCC4)cc1. The van der Waals surface area contributed by atoms with Crippen LogP contribution in [0, 0.1) is 0 Å². The van der Waals surface area contributed by atoms with Crippen molar-refractivity contribution in [3.8, 4) is 10.8 Å². The van der Waals surface area contributed by atoms with Gasteiger partial charge in [-0.15, -0.1) is 21.5 Å². The molecular formula is C22H26N6OS2. The van der Waals surface area contributed by atoms with Gasteiger partial charge in [0.1, 0.15) is 16.9 Å². The molecule has 0 bridgehead atoms. The number of anilines is 1. The molecule has 162 valence electrons. The highest BCUT2D eigenvalue weighted by atomic mass is 32.2. The standard InChI is InChI=1S/C22H26N6OS2/c1-12-5-4-6-16-17(12)18-19-23-13(2)26-28(19)21-24-25-22(27(21)20(18)31-16)30-11-14-7-9-15(29-3)10-8-14/h7-10,12-13,19,23,26H,4-6,11H2,1-3H3/t12-,13?,19?/m1/s1. The number of hydrogen-bond donors (Lipinski definition) is 2. The van der Waals surface area contributed by atoms with Crippen LogP contribution in [0.15, 0.2) is 29.4 Å². The van der Waals surface area contributed by atoms with Crippen LogP contribution in [0.3, 0.4) is 0 Å². The van der Waals surface area contributed by atoms with E-state index in [9.17, 15) is 0 Å². The van der Waals surface area contributed by atoms with Crippen molar-refractivity contribution >= 4 is 29.0 Å². The van der Waals surface area contributed by atoms with Crippen molar-refractivity contribution in [2.45, 2.75) is 62.3 Å². The van der Waals surface area contributed by atoms with Crippen LogP contribution in [-0.2, 0) is 12.2 Å². The van der Waals surface area contributed by atoms with Gasteiger partial charge in [-0.05, 0) is 55.4 Å². The van der Waals surface area contributed by atoms with Gasteiger partial charge in [0.15, 0.2) is 5.16 Å². The molecule has 9 heteroatoms. The number of nitrogens with one attached hydrogen (secondary N) is 2. The maximum absolute atomic E-state index is 5.28. The van der Waals surface area contributed by atoms with Crippen LogP contribution < -0.4 is 20.5 Å². The zero-order valence-corrected chi connectivity index (χ0v) is 19.5. The molecule has 2 N–H and O–H groups in total. The topological polar surface area (TPSA) is 67.2 Å². The number of benzene rings is 1. The lowest BCUT2D eigenvalue weighted by atomic mass is 9.85. The first kappa shape index (κ1) is 19.6. The number of hydrazine groups is 1. The summed E-state index contributed by atoms with van der Waals surface area (Å²) in [5, 5.41) is 17.3. The maximum Gasteiger partial charge on any atom is 0.249 e. The van der Waals surface area contributed by atoms with E-state index in [1.807, 2.05) is 23.5 Å². The van der Waals surface area contributed by atoms with Gasteiger partial charge in [-0.1, -0.05) is 30.8 Å². The van der Waals surface area contributed by atoms with E-state index in [2.05, 4.69) is 56.5 Å². The van der Waals surface area contributed by atoms with Crippen LogP contribution in [0.25, 0.3) is 5.00 Å². The fourth-order valence-corrected chi connectivity index (χ4v) is 7.38. The molecule has 3 aromatic rings. The molecular weight excluding hydrogens is 428 g/mol. The molecule has 1 aliphatic carbocycles. The lowest BCUT2D eigenvalue weighted by molar-refractivity contribution is 0.414. The number of fused-ring (bicyclic) bond motifs is 8. The second-order valence-electron chi connectivity index (χ2n) is 8.50. The molecule has 7 nitrogen and oxygen atoms in total. The fraction of sp³-hybridized carbons (Fsp3) is 0.455. The lowest BCUT2D eigenvalue weighted by Crippen LogP contribution is -2.40. The van der Waals surface area contributed by atoms with Crippen molar-refractivity contribution in [2.24, 2.45) is 0 Å². The Bertz CT molecular complexity index is 1120. The molecule has 2 aliphatic heterocycles. The molecule has 0 radical (unpaired) electrons. The van der Waals surface area contributed by atoms with Crippen molar-refractivity contribution in [1.29, 1.82) is 0 Å². The van der Waals surface area contributed by atoms with Crippen molar-refractivity contribution in [2.75, 3.05) is 12.1 Å². The Balaban J connectivity index is 1.40. The number of aromatic nitrogens is 3. The summed E-state index contributed by atoms with van der Waals surface area (Å²) in [7, 11) is 1.70. The zero-order valence-electron chi connectivity index (χ0n) is 17.9. The number of ether oxygens (including phenoxy) is 1. The van der Waals surface area contributed by atoms with Crippen LogP contribution in [-0.4, -0.2) is 28.0 Å². The summed E-state index contributed by atoms with van der Waals surface area (Å²) in [6.45, 7) is 4.53. The van der Waals surface area contributed by atoms with E-state index in [0.29, 0.717) is 5.92 Å². The second kappa shape index (κ2) is 7.51. The third-order valence-electron chi connectivity index (χ3n) is 6.41. The number of aryl methyl sites for hydroxylation is 1. The molecule has 1 fully saturated rings. The van der Waals surface area contributed by atoms with E-state index in [1.165, 1.54) is 40.3 Å². The largest absolute Gasteiger partial charge is 0.497 e. The van der Waals surface area contributed by atoms with Crippen LogP contribution in [0.2, 0.25) is 0 Å². The quantitative estimate of drug-likeness (QED) is 0.569. The predicted molar refractivity (Wildman–Crippen MR) is 124 cm³/mol. The third-order valence-corrected chi connectivity index (χ3v) is 8.68. The number of hydrogen-bond acceptors (Lipinski definition) is 8. The van der Waals surface area contributed by atoms with Gasteiger partial charge in [-0.2, -0.15) is 0 Å². The number of methoxy groups -OCH3 is 1. The molecule has 3 aliphatic rings. The van der Waals surface area contributed by atoms with Crippen LogP contribution in [0.5, 0.6) is 5.75 Å². The summed E-state index contributed by atoms with van der Waals surface area (Å²) in [5.41, 5.74) is 7.76. The molecule has 0 amide bonds. The highest BCUT2D eigenvalue weighted by Gasteiger charge is 2.44. The van der Waals surface area contributed by atoms with Crippen molar-refractivity contribution in [1.82, 2.24) is 25.5 Å². The van der Waals surface area contributed by atoms with Gasteiger partial charge in [0.2, 0.25) is 5.95 Å². The zero-order chi connectivity index (χ0) is 21.1. The summed E-state index contributed by atoms with van der Waals surface area (Å²) in [4.78, 5) is 1.54.